The van der Waals surface area contributed by atoms with Gasteiger partial charge in [-0.15, -0.1) is 0 Å². The molecule has 0 unspecified atom stereocenters. The predicted molar refractivity (Wildman–Crippen MR) is 69.3 cm³/mol. The summed E-state index contributed by atoms with van der Waals surface area (Å²) in [6.07, 6.45) is 8.16. The number of aromatic nitrogens is 3. The third kappa shape index (κ3) is 2.00. The number of hydrogen-bond donors (Lipinski definition) is 1. The van der Waals surface area contributed by atoms with E-state index in [0.717, 1.165) is 28.9 Å². The molecule has 0 saturated carbocycles. The number of fused-ring (bicyclic) bond motifs is 1. The minimum Gasteiger partial charge on any atom is -0.343 e. The van der Waals surface area contributed by atoms with E-state index in [2.05, 4.69) is 15.0 Å². The van der Waals surface area contributed by atoms with E-state index in [9.17, 15) is 0 Å². The molecular weight excluding hydrogens is 230 g/mol. The van der Waals surface area contributed by atoms with Crippen molar-refractivity contribution < 1.29 is 0 Å². The Morgan fingerprint density at radius 3 is 2.94 bits per heavy atom. The molecule has 0 atom stereocenters. The molecule has 17 heavy (non-hydrogen) atoms. The number of H-pyrrole nitrogens is 1. The number of hydrogen-bond acceptors (Lipinski definition) is 3. The maximum absolute atomic E-state index is 5.37. The van der Waals surface area contributed by atoms with Crippen LogP contribution in [0.4, 0.5) is 0 Å². The number of nitrogens with zero attached hydrogens (tertiary/aromatic N) is 2. The summed E-state index contributed by atoms with van der Waals surface area (Å²) in [6.45, 7) is 0. The molecule has 1 N–H and O–H groups in total. The van der Waals surface area contributed by atoms with Crippen LogP contribution in [0.1, 0.15) is 24.1 Å². The van der Waals surface area contributed by atoms with Crippen molar-refractivity contribution in [2.45, 2.75) is 25.7 Å². The zero-order chi connectivity index (χ0) is 11.7. The molecule has 1 aliphatic carbocycles. The van der Waals surface area contributed by atoms with E-state index in [1.165, 1.54) is 24.1 Å². The molecule has 0 radical (unpaired) electrons. The number of aromatic amines is 1. The second kappa shape index (κ2) is 4.37. The third-order valence-electron chi connectivity index (χ3n) is 3.14. The van der Waals surface area contributed by atoms with Gasteiger partial charge < -0.3 is 4.98 Å². The van der Waals surface area contributed by atoms with Gasteiger partial charge >= 0.3 is 0 Å². The molecule has 0 saturated heterocycles. The Bertz CT molecular complexity index is 589. The van der Waals surface area contributed by atoms with Crippen LogP contribution in [0.3, 0.4) is 0 Å². The minimum absolute atomic E-state index is 0.748. The molecule has 4 heteroatoms. The average Bonchev–Trinajstić information content (AvgIpc) is 2.40. The number of nitrogens with one attached hydrogen (secondary N) is 1. The molecule has 0 fully saturated rings. The van der Waals surface area contributed by atoms with Gasteiger partial charge in [0.15, 0.2) is 0 Å². The monoisotopic (exact) mass is 243 g/mol. The zero-order valence-electron chi connectivity index (χ0n) is 9.44. The molecular formula is C13H13N3S. The van der Waals surface area contributed by atoms with E-state index >= 15 is 0 Å². The Balaban J connectivity index is 2.14. The lowest BCUT2D eigenvalue weighted by Gasteiger charge is -2.16. The Hall–Kier alpha value is -1.55. The van der Waals surface area contributed by atoms with Gasteiger partial charge in [0, 0.05) is 29.2 Å². The predicted octanol–water partition coefficient (Wildman–Crippen LogP) is 3.08. The molecule has 2 heterocycles. The number of pyridine rings is 1. The second-order valence-corrected chi connectivity index (χ2v) is 4.68. The molecule has 3 nitrogen and oxygen atoms in total. The summed E-state index contributed by atoms with van der Waals surface area (Å²) in [5.74, 6) is 0.837. The lowest BCUT2D eigenvalue weighted by Crippen LogP contribution is -2.08. The molecule has 2 aromatic rings. The lowest BCUT2D eigenvalue weighted by atomic mass is 9.97. The lowest BCUT2D eigenvalue weighted by molar-refractivity contribution is 0.661. The van der Waals surface area contributed by atoms with Gasteiger partial charge in [-0.05, 0) is 37.8 Å². The first-order valence-electron chi connectivity index (χ1n) is 5.87. The van der Waals surface area contributed by atoms with Gasteiger partial charge in [-0.3, -0.25) is 4.98 Å². The largest absolute Gasteiger partial charge is 0.343 e. The van der Waals surface area contributed by atoms with E-state index in [1.807, 2.05) is 18.3 Å². The van der Waals surface area contributed by atoms with Gasteiger partial charge in [0.25, 0.3) is 0 Å². The summed E-state index contributed by atoms with van der Waals surface area (Å²) < 4.78 is 0.748. The fourth-order valence-corrected chi connectivity index (χ4v) is 2.58. The van der Waals surface area contributed by atoms with E-state index in [4.69, 9.17) is 12.2 Å². The first-order chi connectivity index (χ1) is 8.34. The van der Waals surface area contributed by atoms with Crippen molar-refractivity contribution >= 4 is 12.2 Å². The van der Waals surface area contributed by atoms with Crippen LogP contribution in [0.25, 0.3) is 11.4 Å². The summed E-state index contributed by atoms with van der Waals surface area (Å²) >= 11 is 5.37. The van der Waals surface area contributed by atoms with Crippen molar-refractivity contribution in [3.05, 3.63) is 40.4 Å². The molecule has 0 aromatic carbocycles. The molecule has 1 aliphatic rings. The zero-order valence-corrected chi connectivity index (χ0v) is 10.3. The average molecular weight is 243 g/mol. The van der Waals surface area contributed by atoms with Crippen molar-refractivity contribution in [1.82, 2.24) is 15.0 Å². The Morgan fingerprint density at radius 2 is 2.12 bits per heavy atom. The van der Waals surface area contributed by atoms with E-state index in [-0.39, 0.29) is 0 Å². The van der Waals surface area contributed by atoms with Gasteiger partial charge in [0.05, 0.1) is 0 Å². The van der Waals surface area contributed by atoms with Crippen LogP contribution in [0.15, 0.2) is 24.5 Å². The first-order valence-corrected chi connectivity index (χ1v) is 6.28. The number of aryl methyl sites for hydroxylation is 1. The SMILES string of the molecule is S=c1nc(-c2cccnc2)[nH]c2c1CCCC2. The summed E-state index contributed by atoms with van der Waals surface area (Å²) in [4.78, 5) is 12.0. The summed E-state index contributed by atoms with van der Waals surface area (Å²) in [6, 6.07) is 3.91. The highest BCUT2D eigenvalue weighted by Gasteiger charge is 2.13. The van der Waals surface area contributed by atoms with Crippen molar-refractivity contribution in [2.75, 3.05) is 0 Å². The van der Waals surface area contributed by atoms with Crippen LogP contribution >= 0.6 is 12.2 Å². The standard InChI is InChI=1S/C13H13N3S/c17-13-10-5-1-2-6-11(10)15-12(16-13)9-4-3-7-14-8-9/h3-4,7-8H,1-2,5-6H2,(H,15,16,17). The Kier molecular flexibility index (Phi) is 2.73. The quantitative estimate of drug-likeness (QED) is 0.783. The smallest absolute Gasteiger partial charge is 0.140 e. The van der Waals surface area contributed by atoms with Crippen LogP contribution in [-0.4, -0.2) is 15.0 Å². The Morgan fingerprint density at radius 1 is 1.24 bits per heavy atom. The fourth-order valence-electron chi connectivity index (χ4n) is 2.26. The van der Waals surface area contributed by atoms with Crippen LogP contribution < -0.4 is 0 Å². The van der Waals surface area contributed by atoms with Crippen LogP contribution in [-0.2, 0) is 12.8 Å². The van der Waals surface area contributed by atoms with Crippen molar-refractivity contribution in [2.24, 2.45) is 0 Å². The maximum Gasteiger partial charge on any atom is 0.140 e. The first kappa shape index (κ1) is 10.6. The molecule has 0 bridgehead atoms. The molecule has 86 valence electrons. The van der Waals surface area contributed by atoms with Crippen molar-refractivity contribution in [3.63, 3.8) is 0 Å². The normalized spacial score (nSPS) is 14.4. The fraction of sp³-hybridized carbons (Fsp3) is 0.308. The second-order valence-electron chi connectivity index (χ2n) is 4.30. The van der Waals surface area contributed by atoms with Crippen LogP contribution in [0.5, 0.6) is 0 Å². The number of rotatable bonds is 1. The highest BCUT2D eigenvalue weighted by molar-refractivity contribution is 7.71. The van der Waals surface area contributed by atoms with Gasteiger partial charge in [0.2, 0.25) is 0 Å². The summed E-state index contributed by atoms with van der Waals surface area (Å²) in [5, 5.41) is 0. The van der Waals surface area contributed by atoms with Gasteiger partial charge in [-0.1, -0.05) is 12.2 Å². The molecule has 0 aliphatic heterocycles. The topological polar surface area (TPSA) is 41.6 Å². The summed E-state index contributed by atoms with van der Waals surface area (Å²) in [5.41, 5.74) is 3.49. The maximum atomic E-state index is 5.37. The van der Waals surface area contributed by atoms with E-state index in [0.29, 0.717) is 0 Å². The van der Waals surface area contributed by atoms with Gasteiger partial charge in [-0.25, -0.2) is 4.98 Å². The van der Waals surface area contributed by atoms with Crippen LogP contribution in [0.2, 0.25) is 0 Å². The third-order valence-corrected chi connectivity index (χ3v) is 3.48. The highest BCUT2D eigenvalue weighted by Crippen LogP contribution is 2.22. The molecule has 0 amide bonds. The van der Waals surface area contributed by atoms with E-state index < -0.39 is 0 Å². The molecule has 2 aromatic heterocycles. The van der Waals surface area contributed by atoms with Crippen molar-refractivity contribution in [1.29, 1.82) is 0 Å². The summed E-state index contributed by atoms with van der Waals surface area (Å²) in [7, 11) is 0. The van der Waals surface area contributed by atoms with E-state index in [1.54, 1.807) is 6.20 Å². The van der Waals surface area contributed by atoms with Gasteiger partial charge in [-0.2, -0.15) is 0 Å². The minimum atomic E-state index is 0.748. The molecule has 3 rings (SSSR count). The van der Waals surface area contributed by atoms with Gasteiger partial charge in [0.1, 0.15) is 10.5 Å². The molecule has 0 spiro atoms. The highest BCUT2D eigenvalue weighted by atomic mass is 32.1. The Labute approximate surface area is 105 Å². The van der Waals surface area contributed by atoms with Crippen LogP contribution in [0, 0.1) is 4.64 Å². The van der Waals surface area contributed by atoms with Crippen molar-refractivity contribution in [3.8, 4) is 11.4 Å².